The molecule has 0 spiro atoms. The lowest BCUT2D eigenvalue weighted by atomic mass is 10.1. The molecule has 0 aliphatic heterocycles. The van der Waals surface area contributed by atoms with Gasteiger partial charge in [-0.25, -0.2) is 4.79 Å². The minimum atomic E-state index is -0.531. The Labute approximate surface area is 108 Å². The molecule has 0 saturated heterocycles. The molecular weight excluding hydrogens is 226 g/mol. The first-order valence-electron chi connectivity index (χ1n) is 6.48. The van der Waals surface area contributed by atoms with Crippen molar-refractivity contribution >= 4 is 11.7 Å². The zero-order chi connectivity index (χ0) is 13.1. The van der Waals surface area contributed by atoms with Gasteiger partial charge in [0, 0.05) is 17.8 Å². The average Bonchev–Trinajstić information content (AvgIpc) is 3.12. The van der Waals surface area contributed by atoms with Gasteiger partial charge in [-0.15, -0.1) is 0 Å². The molecule has 0 aromatic heterocycles. The molecular formula is C14H21N3O. The molecule has 1 aliphatic carbocycles. The van der Waals surface area contributed by atoms with Crippen LogP contribution in [0.5, 0.6) is 0 Å². The third kappa shape index (κ3) is 3.47. The molecule has 0 bridgehead atoms. The normalized spacial score (nSPS) is 18.1. The third-order valence-electron chi connectivity index (χ3n) is 3.52. The van der Waals surface area contributed by atoms with Crippen LogP contribution in [0.15, 0.2) is 24.3 Å². The van der Waals surface area contributed by atoms with Gasteiger partial charge in [0.25, 0.3) is 0 Å². The van der Waals surface area contributed by atoms with Gasteiger partial charge < -0.3 is 16.4 Å². The van der Waals surface area contributed by atoms with Crippen molar-refractivity contribution in [2.45, 2.75) is 38.8 Å². The van der Waals surface area contributed by atoms with Crippen LogP contribution in [0.25, 0.3) is 0 Å². The molecule has 1 fully saturated rings. The maximum absolute atomic E-state index is 10.7. The SMILES string of the molecule is CC(NC(C)C1CC1)c1ccc(NC(N)=O)cc1. The molecule has 4 nitrogen and oxygen atoms in total. The average molecular weight is 247 g/mol. The van der Waals surface area contributed by atoms with Crippen LogP contribution < -0.4 is 16.4 Å². The summed E-state index contributed by atoms with van der Waals surface area (Å²) in [6, 6.07) is 8.15. The number of hydrogen-bond donors (Lipinski definition) is 3. The van der Waals surface area contributed by atoms with E-state index in [0.717, 1.165) is 11.6 Å². The second-order valence-electron chi connectivity index (χ2n) is 5.13. The molecule has 0 radical (unpaired) electrons. The molecule has 1 saturated carbocycles. The summed E-state index contributed by atoms with van der Waals surface area (Å²) in [5.74, 6) is 0.850. The Morgan fingerprint density at radius 1 is 1.28 bits per heavy atom. The lowest BCUT2D eigenvalue weighted by Gasteiger charge is -2.20. The molecule has 2 atom stereocenters. The van der Waals surface area contributed by atoms with Crippen molar-refractivity contribution in [3.05, 3.63) is 29.8 Å². The Morgan fingerprint density at radius 3 is 2.39 bits per heavy atom. The molecule has 18 heavy (non-hydrogen) atoms. The van der Waals surface area contributed by atoms with Crippen molar-refractivity contribution in [3.63, 3.8) is 0 Å². The Kier molecular flexibility index (Phi) is 3.87. The van der Waals surface area contributed by atoms with Crippen molar-refractivity contribution in [2.24, 2.45) is 11.7 Å². The Morgan fingerprint density at radius 2 is 1.89 bits per heavy atom. The molecule has 0 heterocycles. The van der Waals surface area contributed by atoms with E-state index in [1.54, 1.807) is 0 Å². The van der Waals surface area contributed by atoms with Crippen LogP contribution in [0.2, 0.25) is 0 Å². The fraction of sp³-hybridized carbons (Fsp3) is 0.500. The van der Waals surface area contributed by atoms with Gasteiger partial charge in [-0.1, -0.05) is 12.1 Å². The molecule has 2 amide bonds. The second kappa shape index (κ2) is 5.40. The van der Waals surface area contributed by atoms with Gasteiger partial charge in [-0.2, -0.15) is 0 Å². The quantitative estimate of drug-likeness (QED) is 0.748. The second-order valence-corrected chi connectivity index (χ2v) is 5.13. The van der Waals surface area contributed by atoms with Crippen LogP contribution in [-0.2, 0) is 0 Å². The van der Waals surface area contributed by atoms with E-state index in [9.17, 15) is 4.79 Å². The maximum atomic E-state index is 10.7. The molecule has 4 heteroatoms. The third-order valence-corrected chi connectivity index (χ3v) is 3.52. The Bertz CT molecular complexity index is 412. The van der Waals surface area contributed by atoms with E-state index < -0.39 is 6.03 Å². The summed E-state index contributed by atoms with van der Waals surface area (Å²) in [7, 11) is 0. The zero-order valence-corrected chi connectivity index (χ0v) is 10.9. The van der Waals surface area contributed by atoms with Crippen molar-refractivity contribution in [2.75, 3.05) is 5.32 Å². The van der Waals surface area contributed by atoms with Gasteiger partial charge >= 0.3 is 6.03 Å². The van der Waals surface area contributed by atoms with Crippen molar-refractivity contribution in [1.29, 1.82) is 0 Å². The minimum Gasteiger partial charge on any atom is -0.351 e. The van der Waals surface area contributed by atoms with Crippen LogP contribution >= 0.6 is 0 Å². The van der Waals surface area contributed by atoms with Gasteiger partial charge in [-0.3, -0.25) is 0 Å². The van der Waals surface area contributed by atoms with Gasteiger partial charge in [0.15, 0.2) is 0 Å². The highest BCUT2D eigenvalue weighted by molar-refractivity contribution is 5.87. The number of carbonyl (C=O) groups excluding carboxylic acids is 1. The largest absolute Gasteiger partial charge is 0.351 e. The predicted molar refractivity (Wildman–Crippen MR) is 73.4 cm³/mol. The van der Waals surface area contributed by atoms with Crippen molar-refractivity contribution in [3.8, 4) is 0 Å². The number of carbonyl (C=O) groups is 1. The first-order chi connectivity index (χ1) is 8.56. The minimum absolute atomic E-state index is 0.322. The van der Waals surface area contributed by atoms with E-state index in [-0.39, 0.29) is 0 Å². The molecule has 98 valence electrons. The van der Waals surface area contributed by atoms with E-state index >= 15 is 0 Å². The highest BCUT2D eigenvalue weighted by atomic mass is 16.2. The maximum Gasteiger partial charge on any atom is 0.316 e. The van der Waals surface area contributed by atoms with Crippen molar-refractivity contribution in [1.82, 2.24) is 5.32 Å². The summed E-state index contributed by atoms with van der Waals surface area (Å²) in [5, 5.41) is 6.16. The highest BCUT2D eigenvalue weighted by Gasteiger charge is 2.28. The molecule has 2 unspecified atom stereocenters. The van der Waals surface area contributed by atoms with Crippen LogP contribution in [0, 0.1) is 5.92 Å². The predicted octanol–water partition coefficient (Wildman–Crippen LogP) is 2.63. The first kappa shape index (κ1) is 12.9. The Balaban J connectivity index is 1.93. The van der Waals surface area contributed by atoms with E-state index in [0.29, 0.717) is 12.1 Å². The summed E-state index contributed by atoms with van der Waals surface area (Å²) < 4.78 is 0. The molecule has 1 aliphatic rings. The summed E-state index contributed by atoms with van der Waals surface area (Å²) in [5.41, 5.74) is 7.02. The van der Waals surface area contributed by atoms with Crippen LogP contribution in [0.3, 0.4) is 0 Å². The summed E-state index contributed by atoms with van der Waals surface area (Å²) in [6.07, 6.45) is 2.70. The van der Waals surface area contributed by atoms with Gasteiger partial charge in [0.2, 0.25) is 0 Å². The van der Waals surface area contributed by atoms with E-state index in [2.05, 4.69) is 24.5 Å². The monoisotopic (exact) mass is 247 g/mol. The summed E-state index contributed by atoms with van der Waals surface area (Å²) in [6.45, 7) is 4.41. The van der Waals surface area contributed by atoms with Gasteiger partial charge in [0.05, 0.1) is 0 Å². The number of urea groups is 1. The highest BCUT2D eigenvalue weighted by Crippen LogP contribution is 2.33. The number of anilines is 1. The standard InChI is InChI=1S/C14H21N3O/c1-9(11-3-4-11)16-10(2)12-5-7-13(8-6-12)17-14(15)18/h5-11,16H,3-4H2,1-2H3,(H3,15,17,18). The molecule has 1 aromatic rings. The number of rotatable bonds is 5. The lowest BCUT2D eigenvalue weighted by Crippen LogP contribution is -2.30. The van der Waals surface area contributed by atoms with Gasteiger partial charge in [-0.05, 0) is 50.3 Å². The van der Waals surface area contributed by atoms with E-state index in [4.69, 9.17) is 5.73 Å². The van der Waals surface area contributed by atoms with E-state index in [1.165, 1.54) is 18.4 Å². The van der Waals surface area contributed by atoms with Gasteiger partial charge in [0.1, 0.15) is 0 Å². The first-order valence-corrected chi connectivity index (χ1v) is 6.48. The smallest absolute Gasteiger partial charge is 0.316 e. The number of nitrogens with one attached hydrogen (secondary N) is 2. The number of nitrogens with two attached hydrogens (primary N) is 1. The number of amides is 2. The van der Waals surface area contributed by atoms with E-state index in [1.807, 2.05) is 24.3 Å². The lowest BCUT2D eigenvalue weighted by molar-refractivity contribution is 0.259. The number of hydrogen-bond acceptors (Lipinski definition) is 2. The topological polar surface area (TPSA) is 67.2 Å². The summed E-state index contributed by atoms with van der Waals surface area (Å²) >= 11 is 0. The summed E-state index contributed by atoms with van der Waals surface area (Å²) in [4.78, 5) is 10.7. The molecule has 2 rings (SSSR count). The van der Waals surface area contributed by atoms with Crippen LogP contribution in [0.4, 0.5) is 10.5 Å². The molecule has 1 aromatic carbocycles. The Hall–Kier alpha value is -1.55. The van der Waals surface area contributed by atoms with Crippen LogP contribution in [0.1, 0.15) is 38.3 Å². The zero-order valence-electron chi connectivity index (χ0n) is 10.9. The number of benzene rings is 1. The fourth-order valence-corrected chi connectivity index (χ4v) is 2.22. The van der Waals surface area contributed by atoms with Crippen molar-refractivity contribution < 1.29 is 4.79 Å². The fourth-order valence-electron chi connectivity index (χ4n) is 2.22. The molecule has 4 N–H and O–H groups in total. The van der Waals surface area contributed by atoms with Crippen LogP contribution in [-0.4, -0.2) is 12.1 Å². The number of primary amides is 1.